The summed E-state index contributed by atoms with van der Waals surface area (Å²) in [5, 5.41) is 10.2. The topological polar surface area (TPSA) is 87.7 Å². The van der Waals surface area contributed by atoms with Gasteiger partial charge in [0.2, 0.25) is 0 Å². The van der Waals surface area contributed by atoms with Crippen LogP contribution in [0.2, 0.25) is 0 Å². The molecule has 4 rings (SSSR count). The molecule has 2 heterocycles. The summed E-state index contributed by atoms with van der Waals surface area (Å²) in [7, 11) is 0. The number of hydrogen-bond donors (Lipinski definition) is 2. The number of carbonyl (C=O) groups excluding carboxylic acids is 1. The van der Waals surface area contributed by atoms with Crippen molar-refractivity contribution in [3.8, 4) is 21.8 Å². The highest BCUT2D eigenvalue weighted by molar-refractivity contribution is 7.17. The molecule has 0 radical (unpaired) electrons. The van der Waals surface area contributed by atoms with E-state index in [9.17, 15) is 9.59 Å². The first-order valence-corrected chi connectivity index (χ1v) is 9.93. The Morgan fingerprint density at radius 2 is 2.04 bits per heavy atom. The molecule has 138 valence electrons. The van der Waals surface area contributed by atoms with Crippen LogP contribution in [0.3, 0.4) is 0 Å². The van der Waals surface area contributed by atoms with Gasteiger partial charge in [-0.25, -0.2) is 10.1 Å². The third kappa shape index (κ3) is 3.83. The lowest BCUT2D eigenvalue weighted by molar-refractivity contribution is 0.0951. The lowest BCUT2D eigenvalue weighted by Gasteiger charge is -2.07. The number of nitrogens with one attached hydrogen (secondary N) is 2. The first-order chi connectivity index (χ1) is 13.2. The molecule has 1 aliphatic rings. The number of thiazole rings is 1. The van der Waals surface area contributed by atoms with E-state index in [1.165, 1.54) is 11.3 Å². The monoisotopic (exact) mass is 380 g/mol. The Bertz CT molecular complexity index is 1020. The molecule has 0 atom stereocenters. The molecule has 0 aliphatic heterocycles. The molecule has 2 N–H and O–H groups in total. The average Bonchev–Trinajstić information content (AvgIpc) is 3.37. The van der Waals surface area contributed by atoms with Crippen molar-refractivity contribution in [3.05, 3.63) is 57.3 Å². The van der Waals surface area contributed by atoms with Crippen LogP contribution in [-0.4, -0.2) is 27.1 Å². The molecule has 0 spiro atoms. The number of nitrogens with zero attached hydrogens (tertiary/aromatic N) is 2. The van der Waals surface area contributed by atoms with E-state index >= 15 is 0 Å². The van der Waals surface area contributed by atoms with E-state index in [1.807, 2.05) is 30.3 Å². The maximum atomic E-state index is 12.5. The van der Waals surface area contributed by atoms with Gasteiger partial charge < -0.3 is 5.32 Å². The Morgan fingerprint density at radius 1 is 1.26 bits per heavy atom. The Balaban J connectivity index is 1.84. The van der Waals surface area contributed by atoms with E-state index in [-0.39, 0.29) is 17.5 Å². The number of H-pyrrole nitrogens is 1. The summed E-state index contributed by atoms with van der Waals surface area (Å²) < 4.78 is 0. The van der Waals surface area contributed by atoms with Crippen molar-refractivity contribution in [1.82, 2.24) is 20.5 Å². The van der Waals surface area contributed by atoms with Crippen molar-refractivity contribution in [1.29, 1.82) is 0 Å². The summed E-state index contributed by atoms with van der Waals surface area (Å²) in [5.74, 6) is -0.146. The van der Waals surface area contributed by atoms with Gasteiger partial charge in [-0.3, -0.25) is 9.59 Å². The molecule has 1 aliphatic carbocycles. The fourth-order valence-electron chi connectivity index (χ4n) is 2.94. The van der Waals surface area contributed by atoms with Gasteiger partial charge in [0.25, 0.3) is 11.5 Å². The number of hydrogen-bond acceptors (Lipinski definition) is 5. The molecule has 3 aromatic rings. The molecule has 1 fully saturated rings. The summed E-state index contributed by atoms with van der Waals surface area (Å²) in [5.41, 5.74) is 2.98. The van der Waals surface area contributed by atoms with E-state index in [0.29, 0.717) is 10.7 Å². The van der Waals surface area contributed by atoms with Crippen LogP contribution < -0.4 is 10.9 Å². The number of aryl methyl sites for hydroxylation is 1. The Labute approximate surface area is 160 Å². The van der Waals surface area contributed by atoms with Crippen molar-refractivity contribution in [3.63, 3.8) is 0 Å². The number of benzene rings is 1. The number of aromatic nitrogens is 3. The zero-order valence-corrected chi connectivity index (χ0v) is 15.8. The standard InChI is InChI=1S/C20H20N4O2S/c1-2-6-13-11-15(25)23-24-17(13)18-16(12-7-4-3-5-8-12)22-20(27-18)19(26)21-14-9-10-14/h3-5,7-8,11,14H,2,6,9-10H2,1H3,(H,21,26)(H,23,25). The molecule has 0 bridgehead atoms. The fourth-order valence-corrected chi connectivity index (χ4v) is 3.96. The van der Waals surface area contributed by atoms with Gasteiger partial charge in [0.1, 0.15) is 5.69 Å². The molecule has 6 nitrogen and oxygen atoms in total. The molecular weight excluding hydrogens is 360 g/mol. The molecule has 1 aromatic carbocycles. The van der Waals surface area contributed by atoms with Crippen molar-refractivity contribution < 1.29 is 4.79 Å². The molecule has 2 aromatic heterocycles. The summed E-state index contributed by atoms with van der Waals surface area (Å²) in [6.45, 7) is 2.06. The Hall–Kier alpha value is -2.80. The van der Waals surface area contributed by atoms with E-state index in [2.05, 4.69) is 27.4 Å². The summed E-state index contributed by atoms with van der Waals surface area (Å²) >= 11 is 1.32. The third-order valence-electron chi connectivity index (χ3n) is 4.40. The smallest absolute Gasteiger partial charge is 0.280 e. The number of aromatic amines is 1. The zero-order chi connectivity index (χ0) is 18.8. The quantitative estimate of drug-likeness (QED) is 0.686. The Morgan fingerprint density at radius 3 is 2.74 bits per heavy atom. The highest BCUT2D eigenvalue weighted by Crippen LogP contribution is 2.37. The minimum Gasteiger partial charge on any atom is -0.347 e. The maximum absolute atomic E-state index is 12.5. The van der Waals surface area contributed by atoms with Crippen LogP contribution in [0.4, 0.5) is 0 Å². The number of carbonyl (C=O) groups is 1. The maximum Gasteiger partial charge on any atom is 0.280 e. The van der Waals surface area contributed by atoms with Crippen molar-refractivity contribution in [2.45, 2.75) is 38.6 Å². The van der Waals surface area contributed by atoms with Gasteiger partial charge in [-0.1, -0.05) is 43.7 Å². The van der Waals surface area contributed by atoms with Crippen LogP contribution in [0, 0.1) is 0 Å². The number of rotatable bonds is 6. The minimum absolute atomic E-state index is 0.146. The average molecular weight is 380 g/mol. The SMILES string of the molecule is CCCc1cc(=O)[nH]nc1-c1sc(C(=O)NC2CC2)nc1-c1ccccc1. The first-order valence-electron chi connectivity index (χ1n) is 9.11. The lowest BCUT2D eigenvalue weighted by Crippen LogP contribution is -2.25. The van der Waals surface area contributed by atoms with E-state index in [1.54, 1.807) is 6.07 Å². The number of amides is 1. The largest absolute Gasteiger partial charge is 0.347 e. The second-order valence-electron chi connectivity index (χ2n) is 6.67. The van der Waals surface area contributed by atoms with Gasteiger partial charge in [0.15, 0.2) is 5.01 Å². The van der Waals surface area contributed by atoms with E-state index in [0.717, 1.165) is 47.4 Å². The van der Waals surface area contributed by atoms with Crippen LogP contribution in [0.15, 0.2) is 41.2 Å². The van der Waals surface area contributed by atoms with Crippen LogP contribution >= 0.6 is 11.3 Å². The minimum atomic E-state index is -0.223. The molecule has 1 saturated carbocycles. The molecule has 1 amide bonds. The summed E-state index contributed by atoms with van der Waals surface area (Å²) in [6.07, 6.45) is 3.68. The van der Waals surface area contributed by atoms with Crippen LogP contribution in [0.25, 0.3) is 21.8 Å². The van der Waals surface area contributed by atoms with Crippen LogP contribution in [0.5, 0.6) is 0 Å². The van der Waals surface area contributed by atoms with Gasteiger partial charge >= 0.3 is 0 Å². The third-order valence-corrected chi connectivity index (χ3v) is 5.46. The Kier molecular flexibility index (Phi) is 4.85. The molecular formula is C20H20N4O2S. The van der Waals surface area contributed by atoms with Gasteiger partial charge in [0.05, 0.1) is 10.6 Å². The second-order valence-corrected chi connectivity index (χ2v) is 7.67. The fraction of sp³-hybridized carbons (Fsp3) is 0.300. The summed E-state index contributed by atoms with van der Waals surface area (Å²) in [4.78, 5) is 29.7. The normalized spacial score (nSPS) is 13.5. The predicted molar refractivity (Wildman–Crippen MR) is 106 cm³/mol. The zero-order valence-electron chi connectivity index (χ0n) is 15.0. The second kappa shape index (κ2) is 7.44. The molecule has 0 saturated heterocycles. The summed E-state index contributed by atoms with van der Waals surface area (Å²) in [6, 6.07) is 11.6. The predicted octanol–water partition coefficient (Wildman–Crippen LogP) is 3.41. The van der Waals surface area contributed by atoms with Crippen LogP contribution in [-0.2, 0) is 6.42 Å². The van der Waals surface area contributed by atoms with Crippen LogP contribution in [0.1, 0.15) is 41.6 Å². The van der Waals surface area contributed by atoms with Crippen molar-refractivity contribution >= 4 is 17.2 Å². The van der Waals surface area contributed by atoms with Crippen molar-refractivity contribution in [2.24, 2.45) is 0 Å². The first kappa shape index (κ1) is 17.6. The molecule has 27 heavy (non-hydrogen) atoms. The van der Waals surface area contributed by atoms with E-state index < -0.39 is 0 Å². The lowest BCUT2D eigenvalue weighted by atomic mass is 10.0. The van der Waals surface area contributed by atoms with E-state index in [4.69, 9.17) is 0 Å². The highest BCUT2D eigenvalue weighted by atomic mass is 32.1. The molecule has 7 heteroatoms. The molecule has 0 unspecified atom stereocenters. The van der Waals surface area contributed by atoms with Gasteiger partial charge in [0, 0.05) is 17.7 Å². The highest BCUT2D eigenvalue weighted by Gasteiger charge is 2.27. The van der Waals surface area contributed by atoms with Gasteiger partial charge in [-0.15, -0.1) is 11.3 Å². The van der Waals surface area contributed by atoms with Gasteiger partial charge in [-0.2, -0.15) is 5.10 Å². The van der Waals surface area contributed by atoms with Crippen molar-refractivity contribution in [2.75, 3.05) is 0 Å². The van der Waals surface area contributed by atoms with Gasteiger partial charge in [-0.05, 0) is 24.8 Å².